The van der Waals surface area contributed by atoms with Gasteiger partial charge in [-0.25, -0.2) is 4.79 Å². The summed E-state index contributed by atoms with van der Waals surface area (Å²) in [5.74, 6) is -3.34. The van der Waals surface area contributed by atoms with Crippen molar-refractivity contribution in [1.29, 1.82) is 0 Å². The number of carbonyl (C=O) groups is 3. The van der Waals surface area contributed by atoms with E-state index in [1.165, 1.54) is 43.3 Å². The van der Waals surface area contributed by atoms with Crippen molar-refractivity contribution in [3.8, 4) is 22.6 Å². The summed E-state index contributed by atoms with van der Waals surface area (Å²) in [6.45, 7) is 1.30. The number of hydrogen-bond donors (Lipinski definition) is 6. The summed E-state index contributed by atoms with van der Waals surface area (Å²) in [5, 5.41) is 55.5. The van der Waals surface area contributed by atoms with Crippen LogP contribution in [0.1, 0.15) is 55.2 Å². The van der Waals surface area contributed by atoms with Gasteiger partial charge in [-0.2, -0.15) is 0 Å². The molecule has 0 aromatic heterocycles. The van der Waals surface area contributed by atoms with Crippen LogP contribution in [0.4, 0.5) is 5.69 Å². The van der Waals surface area contributed by atoms with Crippen LogP contribution in [0.25, 0.3) is 11.1 Å². The van der Waals surface area contributed by atoms with Gasteiger partial charge in [-0.1, -0.05) is 24.3 Å². The fourth-order valence-corrected chi connectivity index (χ4v) is 4.87. The molecule has 0 radical (unpaired) electrons. The second-order valence-corrected chi connectivity index (χ2v) is 8.53. The van der Waals surface area contributed by atoms with Crippen molar-refractivity contribution >= 4 is 23.2 Å². The molecular formula is C25H19NO8. The Labute approximate surface area is 192 Å². The highest BCUT2D eigenvalue weighted by molar-refractivity contribution is 6.26. The molecule has 34 heavy (non-hydrogen) atoms. The number of Topliss-reactive ketones (excluding diaryl/α,β-unsaturated/α-hetero) is 1. The number of phenolic OH excluding ortho intramolecular Hbond substituents is 2. The number of hydrogen-bond acceptors (Lipinski definition) is 8. The van der Waals surface area contributed by atoms with E-state index in [1.807, 2.05) is 0 Å². The largest absolute Gasteiger partial charge is 0.507 e. The average Bonchev–Trinajstić information content (AvgIpc) is 3.11. The van der Waals surface area contributed by atoms with E-state index in [0.29, 0.717) is 0 Å². The molecule has 9 nitrogen and oxygen atoms in total. The number of nitrogens with one attached hydrogen (secondary N) is 1. The lowest BCUT2D eigenvalue weighted by Crippen LogP contribution is -2.59. The molecule has 2 aliphatic carbocycles. The molecule has 0 fully saturated rings. The Balaban J connectivity index is 1.70. The van der Waals surface area contributed by atoms with Crippen LogP contribution in [0, 0.1) is 0 Å². The number of carboxylic acids is 1. The summed E-state index contributed by atoms with van der Waals surface area (Å²) in [5.41, 5.74) is -2.37. The van der Waals surface area contributed by atoms with Crippen molar-refractivity contribution < 1.29 is 39.9 Å². The quantitative estimate of drug-likeness (QED) is 0.269. The van der Waals surface area contributed by atoms with Gasteiger partial charge in [0, 0.05) is 39.1 Å². The number of para-hydroxylation sites is 1. The first-order chi connectivity index (χ1) is 16.1. The summed E-state index contributed by atoms with van der Waals surface area (Å²) in [7, 11) is 0. The number of aromatic carboxylic acids is 1. The van der Waals surface area contributed by atoms with Gasteiger partial charge in [0.25, 0.3) is 0 Å². The Morgan fingerprint density at radius 1 is 0.912 bits per heavy atom. The van der Waals surface area contributed by atoms with Crippen molar-refractivity contribution in [3.05, 3.63) is 76.3 Å². The molecule has 9 heteroatoms. The number of carboxylic acid groups (broad SMARTS) is 1. The van der Waals surface area contributed by atoms with Crippen molar-refractivity contribution in [2.24, 2.45) is 0 Å². The number of aliphatic hydroxyl groups excluding tert-OH is 2. The monoisotopic (exact) mass is 461 g/mol. The van der Waals surface area contributed by atoms with E-state index in [-0.39, 0.29) is 50.4 Å². The Bertz CT molecular complexity index is 1430. The minimum atomic E-state index is -1.89. The summed E-state index contributed by atoms with van der Waals surface area (Å²) in [6.07, 6.45) is -3.52. The lowest BCUT2D eigenvalue weighted by atomic mass is 9.71. The molecule has 0 aliphatic heterocycles. The summed E-state index contributed by atoms with van der Waals surface area (Å²) in [4.78, 5) is 38.4. The van der Waals surface area contributed by atoms with Gasteiger partial charge in [0.2, 0.25) is 0 Å². The molecule has 1 unspecified atom stereocenters. The van der Waals surface area contributed by atoms with E-state index in [9.17, 15) is 39.9 Å². The highest BCUT2D eigenvalue weighted by Crippen LogP contribution is 2.52. The average molecular weight is 461 g/mol. The Morgan fingerprint density at radius 3 is 2.32 bits per heavy atom. The molecule has 0 bridgehead atoms. The molecular weight excluding hydrogens is 442 g/mol. The first kappa shape index (κ1) is 21.6. The molecule has 0 amide bonds. The molecule has 3 aromatic rings. The normalized spacial score (nSPS) is 22.7. The van der Waals surface area contributed by atoms with Crippen LogP contribution < -0.4 is 5.32 Å². The highest BCUT2D eigenvalue weighted by atomic mass is 16.4. The molecule has 2 aliphatic rings. The van der Waals surface area contributed by atoms with E-state index in [1.54, 1.807) is 6.07 Å². The molecule has 3 atom stereocenters. The van der Waals surface area contributed by atoms with Crippen molar-refractivity contribution in [1.82, 2.24) is 0 Å². The Morgan fingerprint density at radius 2 is 1.62 bits per heavy atom. The van der Waals surface area contributed by atoms with Gasteiger partial charge in [-0.3, -0.25) is 9.59 Å². The van der Waals surface area contributed by atoms with Crippen molar-refractivity contribution in [2.75, 3.05) is 5.32 Å². The fourth-order valence-electron chi connectivity index (χ4n) is 4.87. The van der Waals surface area contributed by atoms with Crippen molar-refractivity contribution in [2.45, 2.75) is 24.7 Å². The number of aromatic hydroxyl groups is 2. The number of rotatable bonds is 3. The van der Waals surface area contributed by atoms with Gasteiger partial charge >= 0.3 is 5.97 Å². The van der Waals surface area contributed by atoms with Gasteiger partial charge in [0.15, 0.2) is 11.6 Å². The number of phenols is 2. The molecule has 3 aromatic carbocycles. The second kappa shape index (κ2) is 7.14. The van der Waals surface area contributed by atoms with Crippen LogP contribution in [-0.4, -0.2) is 54.7 Å². The molecule has 0 saturated carbocycles. The zero-order valence-corrected chi connectivity index (χ0v) is 17.7. The van der Waals surface area contributed by atoms with Crippen LogP contribution in [0.2, 0.25) is 0 Å². The zero-order chi connectivity index (χ0) is 24.5. The molecule has 0 spiro atoms. The van der Waals surface area contributed by atoms with Gasteiger partial charge in [-0.05, 0) is 31.2 Å². The molecule has 6 N–H and O–H groups in total. The third kappa shape index (κ3) is 2.71. The number of anilines is 1. The van der Waals surface area contributed by atoms with E-state index >= 15 is 0 Å². The minimum absolute atomic E-state index is 0.0244. The van der Waals surface area contributed by atoms with Gasteiger partial charge in [-0.15, -0.1) is 0 Å². The Hall–Kier alpha value is -4.21. The standard InChI is InChI=1S/C25H19NO8/c1-25(26-13-7-3-2-5-10(13)24(33)34)22(31)12-9-15(28)18-16-11(6-4-8-14(16)27)20(29)19(18)17(12)21(30)23(25)32/h2-9,21,23,26-28,30,32H,1H3,(H,33,34)/t21-,23+,25?/m1/s1. The zero-order valence-electron chi connectivity index (χ0n) is 17.7. The second-order valence-electron chi connectivity index (χ2n) is 8.53. The number of aliphatic hydroxyl groups is 2. The summed E-state index contributed by atoms with van der Waals surface area (Å²) in [6, 6.07) is 11.1. The third-order valence-electron chi connectivity index (χ3n) is 6.57. The lowest BCUT2D eigenvalue weighted by molar-refractivity contribution is -0.0203. The Kier molecular flexibility index (Phi) is 4.54. The SMILES string of the molecule is CC1(Nc2ccccc2C(=O)O)C(=O)c2cc(O)c3c(c2[C@@H](O)[C@@H]1O)C(=O)c1cccc(O)c1-3. The maximum atomic E-state index is 13.6. The van der Waals surface area contributed by atoms with Gasteiger partial charge < -0.3 is 30.8 Å². The highest BCUT2D eigenvalue weighted by Gasteiger charge is 2.53. The van der Waals surface area contributed by atoms with E-state index < -0.39 is 41.0 Å². The maximum Gasteiger partial charge on any atom is 0.337 e. The lowest BCUT2D eigenvalue weighted by Gasteiger charge is -2.42. The third-order valence-corrected chi connectivity index (χ3v) is 6.57. The fraction of sp³-hybridized carbons (Fsp3) is 0.160. The van der Waals surface area contributed by atoms with Crippen LogP contribution in [0.5, 0.6) is 11.5 Å². The summed E-state index contributed by atoms with van der Waals surface area (Å²) >= 11 is 0. The number of fused-ring (bicyclic) bond motifs is 5. The summed E-state index contributed by atoms with van der Waals surface area (Å²) < 4.78 is 0. The molecule has 0 heterocycles. The van der Waals surface area contributed by atoms with Crippen LogP contribution in [0.3, 0.4) is 0 Å². The van der Waals surface area contributed by atoms with Crippen molar-refractivity contribution in [3.63, 3.8) is 0 Å². The predicted molar refractivity (Wildman–Crippen MR) is 119 cm³/mol. The van der Waals surface area contributed by atoms with E-state index in [0.717, 1.165) is 6.07 Å². The van der Waals surface area contributed by atoms with Crippen LogP contribution in [-0.2, 0) is 0 Å². The maximum absolute atomic E-state index is 13.6. The van der Waals surface area contributed by atoms with E-state index in [2.05, 4.69) is 5.32 Å². The topological polar surface area (TPSA) is 164 Å². The minimum Gasteiger partial charge on any atom is -0.507 e. The number of carbonyl (C=O) groups excluding carboxylic acids is 2. The smallest absolute Gasteiger partial charge is 0.337 e. The van der Waals surface area contributed by atoms with Crippen LogP contribution in [0.15, 0.2) is 48.5 Å². The molecule has 172 valence electrons. The first-order valence-corrected chi connectivity index (χ1v) is 10.4. The van der Waals surface area contributed by atoms with Gasteiger partial charge in [0.05, 0.1) is 5.56 Å². The molecule has 0 saturated heterocycles. The molecule has 5 rings (SSSR count). The number of benzene rings is 3. The predicted octanol–water partition coefficient (Wildman–Crippen LogP) is 2.47. The van der Waals surface area contributed by atoms with E-state index in [4.69, 9.17) is 0 Å². The number of ketones is 2. The first-order valence-electron chi connectivity index (χ1n) is 10.4. The van der Waals surface area contributed by atoms with Crippen LogP contribution >= 0.6 is 0 Å². The van der Waals surface area contributed by atoms with Gasteiger partial charge in [0.1, 0.15) is 29.2 Å².